The highest BCUT2D eigenvalue weighted by molar-refractivity contribution is 7.09. The van der Waals surface area contributed by atoms with Crippen LogP contribution in [0.15, 0.2) is 35.7 Å². The number of hydrogen-bond donors (Lipinski definition) is 0. The number of amides is 1. The normalized spacial score (nSPS) is 17.0. The second-order valence-electron chi connectivity index (χ2n) is 6.42. The number of hydrogen-bond acceptors (Lipinski definition) is 5. The summed E-state index contributed by atoms with van der Waals surface area (Å²) < 4.78 is 10.7. The first kappa shape index (κ1) is 16.4. The van der Waals surface area contributed by atoms with E-state index < -0.39 is 0 Å². The Balaban J connectivity index is 1.24. The van der Waals surface area contributed by atoms with Crippen LogP contribution in [0.25, 0.3) is 0 Å². The summed E-state index contributed by atoms with van der Waals surface area (Å²) >= 11 is 1.80. The topological polar surface area (TPSA) is 42.0 Å². The number of ether oxygens (including phenoxy) is 2. The van der Waals surface area contributed by atoms with Crippen molar-refractivity contribution >= 4 is 17.2 Å². The van der Waals surface area contributed by atoms with Crippen molar-refractivity contribution in [3.63, 3.8) is 0 Å². The quantitative estimate of drug-likeness (QED) is 0.824. The smallest absolute Gasteiger partial charge is 0.231 e. The monoisotopic (exact) mass is 358 g/mol. The molecular weight excluding hydrogens is 336 g/mol. The molecule has 0 radical (unpaired) electrons. The maximum atomic E-state index is 12.5. The molecule has 2 aromatic rings. The summed E-state index contributed by atoms with van der Waals surface area (Å²) in [6.45, 7) is 4.84. The van der Waals surface area contributed by atoms with E-state index in [-0.39, 0.29) is 12.7 Å². The van der Waals surface area contributed by atoms with Gasteiger partial charge in [0.05, 0.1) is 0 Å². The van der Waals surface area contributed by atoms with E-state index in [2.05, 4.69) is 22.4 Å². The third-order valence-corrected chi connectivity index (χ3v) is 5.61. The molecule has 25 heavy (non-hydrogen) atoms. The number of carbonyl (C=O) groups is 1. The van der Waals surface area contributed by atoms with Crippen molar-refractivity contribution in [2.75, 3.05) is 33.0 Å². The minimum atomic E-state index is 0.244. The van der Waals surface area contributed by atoms with Gasteiger partial charge in [-0.1, -0.05) is 12.1 Å². The van der Waals surface area contributed by atoms with Crippen molar-refractivity contribution in [3.8, 4) is 11.5 Å². The Morgan fingerprint density at radius 1 is 1.08 bits per heavy atom. The van der Waals surface area contributed by atoms with Crippen LogP contribution in [0.5, 0.6) is 11.5 Å². The van der Waals surface area contributed by atoms with Gasteiger partial charge in [0.15, 0.2) is 11.5 Å². The molecule has 4 rings (SSSR count). The molecule has 1 amide bonds. The van der Waals surface area contributed by atoms with Gasteiger partial charge in [0.1, 0.15) is 0 Å². The van der Waals surface area contributed by atoms with Crippen LogP contribution >= 0.6 is 11.3 Å². The lowest BCUT2D eigenvalue weighted by Crippen LogP contribution is -2.48. The fraction of sp³-hybridized carbons (Fsp3) is 0.421. The van der Waals surface area contributed by atoms with Crippen LogP contribution in [0.1, 0.15) is 16.9 Å². The average molecular weight is 358 g/mol. The fourth-order valence-electron chi connectivity index (χ4n) is 3.28. The van der Waals surface area contributed by atoms with Gasteiger partial charge in [0.2, 0.25) is 12.7 Å². The Bertz CT molecular complexity index is 724. The second kappa shape index (κ2) is 7.45. The number of fused-ring (bicyclic) bond motifs is 1. The zero-order valence-corrected chi connectivity index (χ0v) is 15.0. The Hall–Kier alpha value is -2.05. The molecule has 1 fully saturated rings. The van der Waals surface area contributed by atoms with Gasteiger partial charge in [-0.05, 0) is 35.6 Å². The number of benzene rings is 1. The number of piperazine rings is 1. The number of rotatable bonds is 5. The molecule has 0 N–H and O–H groups in total. The van der Waals surface area contributed by atoms with Crippen LogP contribution in [-0.2, 0) is 17.8 Å². The maximum absolute atomic E-state index is 12.5. The molecule has 0 atom stereocenters. The van der Waals surface area contributed by atoms with Crippen molar-refractivity contribution < 1.29 is 14.3 Å². The van der Waals surface area contributed by atoms with Gasteiger partial charge in [0, 0.05) is 44.0 Å². The first-order valence-corrected chi connectivity index (χ1v) is 9.57. The van der Waals surface area contributed by atoms with Crippen molar-refractivity contribution in [2.45, 2.75) is 19.4 Å². The molecule has 1 aromatic heterocycles. The lowest BCUT2D eigenvalue weighted by Gasteiger charge is -2.34. The number of carbonyl (C=O) groups excluding carboxylic acids is 1. The Labute approximate surface area is 151 Å². The lowest BCUT2D eigenvalue weighted by atomic mass is 10.1. The van der Waals surface area contributed by atoms with Gasteiger partial charge in [-0.2, -0.15) is 0 Å². The van der Waals surface area contributed by atoms with Gasteiger partial charge in [0.25, 0.3) is 0 Å². The van der Waals surface area contributed by atoms with Gasteiger partial charge >= 0.3 is 0 Å². The molecule has 2 aliphatic heterocycles. The summed E-state index contributed by atoms with van der Waals surface area (Å²) in [5, 5.41) is 2.12. The van der Waals surface area contributed by atoms with E-state index in [4.69, 9.17) is 9.47 Å². The summed E-state index contributed by atoms with van der Waals surface area (Å²) in [5.41, 5.74) is 1.12. The first-order chi connectivity index (χ1) is 12.3. The number of aryl methyl sites for hydroxylation is 1. The number of thiophene rings is 1. The molecule has 3 heterocycles. The SMILES string of the molecule is O=C(CCc1ccc2c(c1)OCO2)N1CCN(Cc2cccs2)CC1. The van der Waals surface area contributed by atoms with Crippen LogP contribution in [0, 0.1) is 0 Å². The summed E-state index contributed by atoms with van der Waals surface area (Å²) in [6, 6.07) is 10.2. The molecule has 6 heteroatoms. The van der Waals surface area contributed by atoms with E-state index in [1.165, 1.54) is 4.88 Å². The zero-order valence-electron chi connectivity index (χ0n) is 14.1. The van der Waals surface area contributed by atoms with E-state index in [1.54, 1.807) is 11.3 Å². The zero-order chi connectivity index (χ0) is 17.1. The molecular formula is C19H22N2O3S. The third-order valence-electron chi connectivity index (χ3n) is 4.75. The lowest BCUT2D eigenvalue weighted by molar-refractivity contribution is -0.132. The van der Waals surface area contributed by atoms with Crippen molar-refractivity contribution in [1.82, 2.24) is 9.80 Å². The summed E-state index contributed by atoms with van der Waals surface area (Å²) in [5.74, 6) is 1.82. The van der Waals surface area contributed by atoms with Crippen LogP contribution < -0.4 is 9.47 Å². The molecule has 0 spiro atoms. The Morgan fingerprint density at radius 3 is 2.72 bits per heavy atom. The van der Waals surface area contributed by atoms with Gasteiger partial charge in [-0.15, -0.1) is 11.3 Å². The highest BCUT2D eigenvalue weighted by atomic mass is 32.1. The summed E-state index contributed by atoms with van der Waals surface area (Å²) in [7, 11) is 0. The molecule has 0 aliphatic carbocycles. The fourth-order valence-corrected chi connectivity index (χ4v) is 4.03. The van der Waals surface area contributed by atoms with E-state index >= 15 is 0 Å². The van der Waals surface area contributed by atoms with E-state index in [9.17, 15) is 4.79 Å². The van der Waals surface area contributed by atoms with Gasteiger partial charge in [-0.25, -0.2) is 0 Å². The van der Waals surface area contributed by atoms with E-state index in [1.807, 2.05) is 23.1 Å². The van der Waals surface area contributed by atoms with Crippen molar-refractivity contribution in [1.29, 1.82) is 0 Å². The Morgan fingerprint density at radius 2 is 1.92 bits per heavy atom. The second-order valence-corrected chi connectivity index (χ2v) is 7.46. The maximum Gasteiger partial charge on any atom is 0.231 e. The predicted molar refractivity (Wildman–Crippen MR) is 97.1 cm³/mol. The molecule has 0 bridgehead atoms. The standard InChI is InChI=1S/C19H22N2O3S/c22-19(6-4-15-3-5-17-18(12-15)24-14-23-17)21-9-7-20(8-10-21)13-16-2-1-11-25-16/h1-3,5,11-12H,4,6-10,13-14H2. The summed E-state index contributed by atoms with van der Waals surface area (Å²) in [6.07, 6.45) is 1.29. The summed E-state index contributed by atoms with van der Waals surface area (Å²) in [4.78, 5) is 18.3. The van der Waals surface area contributed by atoms with Crippen molar-refractivity contribution in [2.24, 2.45) is 0 Å². The molecule has 1 saturated heterocycles. The molecule has 0 unspecified atom stereocenters. The molecule has 1 aromatic carbocycles. The average Bonchev–Trinajstić information content (AvgIpc) is 3.31. The molecule has 2 aliphatic rings. The minimum Gasteiger partial charge on any atom is -0.454 e. The van der Waals surface area contributed by atoms with Crippen LogP contribution in [0.3, 0.4) is 0 Å². The number of nitrogens with zero attached hydrogens (tertiary/aromatic N) is 2. The van der Waals surface area contributed by atoms with Crippen LogP contribution in [-0.4, -0.2) is 48.7 Å². The van der Waals surface area contributed by atoms with Crippen molar-refractivity contribution in [3.05, 3.63) is 46.2 Å². The highest BCUT2D eigenvalue weighted by Gasteiger charge is 2.21. The Kier molecular flexibility index (Phi) is 4.90. The molecule has 0 saturated carbocycles. The van der Waals surface area contributed by atoms with Gasteiger partial charge < -0.3 is 14.4 Å². The third kappa shape index (κ3) is 3.96. The van der Waals surface area contributed by atoms with E-state index in [0.717, 1.165) is 56.2 Å². The van der Waals surface area contributed by atoms with Crippen LogP contribution in [0.4, 0.5) is 0 Å². The molecule has 132 valence electrons. The largest absolute Gasteiger partial charge is 0.454 e. The predicted octanol–water partition coefficient (Wildman–Crippen LogP) is 2.75. The van der Waals surface area contributed by atoms with Crippen LogP contribution in [0.2, 0.25) is 0 Å². The van der Waals surface area contributed by atoms with Gasteiger partial charge in [-0.3, -0.25) is 9.69 Å². The highest BCUT2D eigenvalue weighted by Crippen LogP contribution is 2.32. The molecule has 5 nitrogen and oxygen atoms in total. The minimum absolute atomic E-state index is 0.244. The van der Waals surface area contributed by atoms with E-state index in [0.29, 0.717) is 6.42 Å². The first-order valence-electron chi connectivity index (χ1n) is 8.69.